The number of rotatable bonds is 5. The van der Waals surface area contributed by atoms with Gasteiger partial charge >= 0.3 is 0 Å². The fourth-order valence-electron chi connectivity index (χ4n) is 4.53. The Morgan fingerprint density at radius 1 is 0.862 bits per heavy atom. The van der Waals surface area contributed by atoms with Gasteiger partial charge in [0.25, 0.3) is 5.91 Å². The van der Waals surface area contributed by atoms with Crippen molar-refractivity contribution in [2.45, 2.75) is 31.7 Å². The summed E-state index contributed by atoms with van der Waals surface area (Å²) in [7, 11) is 0. The largest absolute Gasteiger partial charge is 0.365 e. The Labute approximate surface area is 169 Å². The summed E-state index contributed by atoms with van der Waals surface area (Å²) in [5, 5.41) is 5.29. The van der Waals surface area contributed by atoms with Gasteiger partial charge in [-0.25, -0.2) is 0 Å². The molecule has 0 saturated heterocycles. The predicted octanol–water partition coefficient (Wildman–Crippen LogP) is 5.67. The van der Waals surface area contributed by atoms with E-state index in [2.05, 4.69) is 12.2 Å². The molecule has 4 nitrogen and oxygen atoms in total. The molecule has 0 spiro atoms. The minimum atomic E-state index is -1.31. The lowest BCUT2D eigenvalue weighted by atomic mass is 9.80. The Morgan fingerprint density at radius 3 is 2.38 bits per heavy atom. The lowest BCUT2D eigenvalue weighted by molar-refractivity contribution is 0.0718. The number of fused-ring (bicyclic) bond motifs is 3. The molecule has 1 aliphatic heterocycles. The van der Waals surface area contributed by atoms with Gasteiger partial charge in [0.05, 0.1) is 11.0 Å². The highest BCUT2D eigenvalue weighted by Crippen LogP contribution is 2.40. The van der Waals surface area contributed by atoms with Crippen LogP contribution in [0, 0.1) is 0 Å². The van der Waals surface area contributed by atoms with Crippen molar-refractivity contribution in [3.8, 4) is 0 Å². The summed E-state index contributed by atoms with van der Waals surface area (Å²) in [5.74, 6) is -0.328. The second kappa shape index (κ2) is 6.59. The number of aromatic nitrogens is 1. The van der Waals surface area contributed by atoms with Crippen molar-refractivity contribution in [2.75, 3.05) is 5.32 Å². The van der Waals surface area contributed by atoms with Crippen LogP contribution < -0.4 is 5.32 Å². The number of carbonyl (C=O) groups excluding carboxylic acids is 2. The summed E-state index contributed by atoms with van der Waals surface area (Å²) in [6, 6.07) is 23.2. The Balaban J connectivity index is 1.80. The molecule has 4 heteroatoms. The average Bonchev–Trinajstić information content (AvgIpc) is 3.10. The maximum Gasteiger partial charge on any atom is 0.265 e. The van der Waals surface area contributed by atoms with Crippen LogP contribution in [0.15, 0.2) is 72.8 Å². The maximum atomic E-state index is 14.0. The van der Waals surface area contributed by atoms with Crippen molar-refractivity contribution in [3.63, 3.8) is 0 Å². The van der Waals surface area contributed by atoms with E-state index in [0.717, 1.165) is 40.3 Å². The third-order valence-electron chi connectivity index (χ3n) is 5.93. The number of hydrogen-bond donors (Lipinski definition) is 1. The molecule has 0 amide bonds. The molecule has 0 aliphatic carbocycles. The average molecular weight is 382 g/mol. The molecule has 0 bridgehead atoms. The van der Waals surface area contributed by atoms with Gasteiger partial charge in [0, 0.05) is 22.0 Å². The van der Waals surface area contributed by atoms with Crippen molar-refractivity contribution in [1.29, 1.82) is 0 Å². The minimum absolute atomic E-state index is 0.138. The van der Waals surface area contributed by atoms with Crippen LogP contribution in [0.4, 0.5) is 5.69 Å². The quantitative estimate of drug-likeness (QED) is 0.452. The molecule has 5 rings (SSSR count). The van der Waals surface area contributed by atoms with Crippen LogP contribution in [0.1, 0.15) is 41.3 Å². The fourth-order valence-corrected chi connectivity index (χ4v) is 4.53. The molecule has 2 heterocycles. The normalized spacial score (nSPS) is 18.5. The Hall–Kier alpha value is -3.40. The zero-order valence-electron chi connectivity index (χ0n) is 16.3. The van der Waals surface area contributed by atoms with Gasteiger partial charge in [-0.05, 0) is 30.7 Å². The van der Waals surface area contributed by atoms with Gasteiger partial charge in [0.15, 0.2) is 11.3 Å². The molecule has 3 aromatic carbocycles. The zero-order chi connectivity index (χ0) is 20.0. The number of nitrogens with zero attached hydrogens (tertiary/aromatic N) is 1. The highest BCUT2D eigenvalue weighted by molar-refractivity contribution is 6.32. The summed E-state index contributed by atoms with van der Waals surface area (Å²) in [6.45, 7) is 2.07. The molecular weight excluding hydrogens is 360 g/mol. The van der Waals surface area contributed by atoms with Crippen LogP contribution >= 0.6 is 0 Å². The molecule has 1 N–H and O–H groups in total. The first kappa shape index (κ1) is 17.7. The summed E-state index contributed by atoms with van der Waals surface area (Å²) < 4.78 is 1.76. The number of carbonyl (C=O) groups is 2. The predicted molar refractivity (Wildman–Crippen MR) is 117 cm³/mol. The number of benzene rings is 3. The Kier molecular flexibility index (Phi) is 4.02. The van der Waals surface area contributed by atoms with E-state index < -0.39 is 5.54 Å². The van der Waals surface area contributed by atoms with Crippen molar-refractivity contribution in [2.24, 2.45) is 0 Å². The Bertz CT molecular complexity index is 1260. The van der Waals surface area contributed by atoms with Crippen LogP contribution in [0.3, 0.4) is 0 Å². The van der Waals surface area contributed by atoms with Gasteiger partial charge < -0.3 is 5.32 Å². The molecule has 0 fully saturated rings. The minimum Gasteiger partial charge on any atom is -0.365 e. The smallest absolute Gasteiger partial charge is 0.265 e. The molecular formula is C25H22N2O2. The van der Waals surface area contributed by atoms with E-state index in [9.17, 15) is 9.59 Å². The van der Waals surface area contributed by atoms with Crippen LogP contribution in [0.2, 0.25) is 0 Å². The first-order valence-electron chi connectivity index (χ1n) is 10.1. The summed E-state index contributed by atoms with van der Waals surface area (Å²) >= 11 is 0. The standard InChI is InChI=1S/C25H22N2O2/c1-2-3-16-25(26-17-10-5-4-6-11-17)23(28)20-14-9-13-19-18-12-7-8-15-21(18)27(22(19)20)24(25)29/h4-15,26H,2-3,16H2,1H3. The number of nitrogens with one attached hydrogen (secondary N) is 1. The first-order valence-corrected chi connectivity index (χ1v) is 10.1. The van der Waals surface area contributed by atoms with Gasteiger partial charge in [0.2, 0.25) is 0 Å². The molecule has 4 aromatic rings. The van der Waals surface area contributed by atoms with Gasteiger partial charge in [0.1, 0.15) is 0 Å². The van der Waals surface area contributed by atoms with Crippen LogP contribution in [0.25, 0.3) is 21.8 Å². The molecule has 1 unspecified atom stereocenters. The number of ketones is 1. The molecule has 1 aliphatic rings. The van der Waals surface area contributed by atoms with Crippen LogP contribution in [-0.2, 0) is 0 Å². The van der Waals surface area contributed by atoms with E-state index in [1.165, 1.54) is 0 Å². The number of anilines is 1. The third-order valence-corrected chi connectivity index (χ3v) is 5.93. The lowest BCUT2D eigenvalue weighted by Gasteiger charge is -2.36. The summed E-state index contributed by atoms with van der Waals surface area (Å²) in [5.41, 5.74) is 1.66. The van der Waals surface area contributed by atoms with Crippen molar-refractivity contribution in [3.05, 3.63) is 78.4 Å². The van der Waals surface area contributed by atoms with Crippen LogP contribution in [-0.4, -0.2) is 21.8 Å². The SMILES string of the molecule is CCCCC1(Nc2ccccc2)C(=O)c2cccc3c4ccccc4n(c23)C1=O. The van der Waals surface area contributed by atoms with Gasteiger partial charge in [-0.1, -0.05) is 68.3 Å². The molecule has 144 valence electrons. The zero-order valence-corrected chi connectivity index (χ0v) is 16.3. The van der Waals surface area contributed by atoms with Crippen molar-refractivity contribution in [1.82, 2.24) is 4.57 Å². The van der Waals surface area contributed by atoms with E-state index in [-0.39, 0.29) is 11.7 Å². The first-order chi connectivity index (χ1) is 14.2. The second-order valence-corrected chi connectivity index (χ2v) is 7.69. The molecule has 0 saturated carbocycles. The highest BCUT2D eigenvalue weighted by atomic mass is 16.2. The van der Waals surface area contributed by atoms with Gasteiger partial charge in [-0.15, -0.1) is 0 Å². The Morgan fingerprint density at radius 2 is 1.59 bits per heavy atom. The number of Topliss-reactive ketones (excluding diaryl/α,β-unsaturated/α-hetero) is 1. The fraction of sp³-hybridized carbons (Fsp3) is 0.200. The molecule has 1 aromatic heterocycles. The summed E-state index contributed by atoms with van der Waals surface area (Å²) in [4.78, 5) is 27.8. The van der Waals surface area contributed by atoms with Gasteiger partial charge in [-0.2, -0.15) is 0 Å². The molecule has 1 atom stereocenters. The monoisotopic (exact) mass is 382 g/mol. The summed E-state index contributed by atoms with van der Waals surface area (Å²) in [6.07, 6.45) is 2.14. The van der Waals surface area contributed by atoms with E-state index in [4.69, 9.17) is 0 Å². The van der Waals surface area contributed by atoms with Crippen LogP contribution in [0.5, 0.6) is 0 Å². The van der Waals surface area contributed by atoms with Crippen molar-refractivity contribution < 1.29 is 9.59 Å². The topological polar surface area (TPSA) is 51.1 Å². The van der Waals surface area contributed by atoms with Crippen molar-refractivity contribution >= 4 is 39.2 Å². The van der Waals surface area contributed by atoms with E-state index >= 15 is 0 Å². The van der Waals surface area contributed by atoms with Gasteiger partial charge in [-0.3, -0.25) is 14.2 Å². The second-order valence-electron chi connectivity index (χ2n) is 7.69. The lowest BCUT2D eigenvalue weighted by Crippen LogP contribution is -2.57. The maximum absolute atomic E-state index is 14.0. The van der Waals surface area contributed by atoms with E-state index in [0.29, 0.717) is 12.0 Å². The third kappa shape index (κ3) is 2.45. The van der Waals surface area contributed by atoms with E-state index in [1.54, 1.807) is 4.57 Å². The number of para-hydroxylation sites is 3. The number of unbranched alkanes of at least 4 members (excludes halogenated alkanes) is 1. The molecule has 29 heavy (non-hydrogen) atoms. The number of hydrogen-bond acceptors (Lipinski definition) is 3. The van der Waals surface area contributed by atoms with E-state index in [1.807, 2.05) is 72.8 Å². The molecule has 0 radical (unpaired) electrons. The highest BCUT2D eigenvalue weighted by Gasteiger charge is 2.51.